The van der Waals surface area contributed by atoms with Crippen LogP contribution in [0, 0.1) is 0 Å². The first-order valence-corrected chi connectivity index (χ1v) is 9.01. The zero-order chi connectivity index (χ0) is 20.4. The lowest BCUT2D eigenvalue weighted by Gasteiger charge is -2.11. The van der Waals surface area contributed by atoms with Gasteiger partial charge in [-0.15, -0.1) is 0 Å². The van der Waals surface area contributed by atoms with Crippen LogP contribution in [0.5, 0.6) is 11.5 Å². The molecule has 4 rings (SSSR count). The molecule has 1 N–H and O–H groups in total. The molecule has 7 nitrogen and oxygen atoms in total. The van der Waals surface area contributed by atoms with Crippen LogP contribution in [0.2, 0.25) is 0 Å². The summed E-state index contributed by atoms with van der Waals surface area (Å²) in [7, 11) is 3.02. The largest absolute Gasteiger partial charge is 0.493 e. The van der Waals surface area contributed by atoms with Crippen LogP contribution in [0.3, 0.4) is 0 Å². The van der Waals surface area contributed by atoms with Gasteiger partial charge in [0.15, 0.2) is 17.1 Å². The quantitative estimate of drug-likeness (QED) is 0.531. The van der Waals surface area contributed by atoms with Gasteiger partial charge in [-0.1, -0.05) is 30.3 Å². The van der Waals surface area contributed by atoms with Crippen LogP contribution in [-0.2, 0) is 6.54 Å². The van der Waals surface area contributed by atoms with Crippen molar-refractivity contribution in [2.24, 2.45) is 0 Å². The van der Waals surface area contributed by atoms with Crippen LogP contribution in [0.4, 0.5) is 0 Å². The average molecular weight is 389 g/mol. The van der Waals surface area contributed by atoms with Gasteiger partial charge in [0.25, 0.3) is 11.5 Å². The normalized spacial score (nSPS) is 10.8. The number of nitrogens with one attached hydrogen (secondary N) is 1. The van der Waals surface area contributed by atoms with Gasteiger partial charge >= 0.3 is 0 Å². The molecule has 0 saturated heterocycles. The number of fused-ring (bicyclic) bond motifs is 2. The molecule has 0 aliphatic carbocycles. The molecule has 0 atom stereocenters. The highest BCUT2D eigenvalue weighted by molar-refractivity contribution is 6.00. The fourth-order valence-electron chi connectivity index (χ4n) is 3.20. The highest BCUT2D eigenvalue weighted by atomic mass is 16.5. The summed E-state index contributed by atoms with van der Waals surface area (Å²) in [5.74, 6) is 0.594. The summed E-state index contributed by atoms with van der Waals surface area (Å²) in [6.45, 7) is 0.379. The third-order valence-electron chi connectivity index (χ3n) is 4.69. The molecule has 7 heteroatoms. The minimum Gasteiger partial charge on any atom is -0.493 e. The summed E-state index contributed by atoms with van der Waals surface area (Å²) < 4.78 is 12.0. The van der Waals surface area contributed by atoms with Gasteiger partial charge in [0.2, 0.25) is 0 Å². The second kappa shape index (κ2) is 7.63. The lowest BCUT2D eigenvalue weighted by atomic mass is 10.2. The molecule has 0 spiro atoms. The fraction of sp³-hybridized carbons (Fsp3) is 0.136. The first kappa shape index (κ1) is 18.5. The lowest BCUT2D eigenvalue weighted by molar-refractivity contribution is 0.0952. The third-order valence-corrected chi connectivity index (χ3v) is 4.69. The van der Waals surface area contributed by atoms with Crippen molar-refractivity contribution in [2.75, 3.05) is 14.2 Å². The molecule has 2 aromatic heterocycles. The standard InChI is InChI=1S/C22H19N3O4/c1-28-18-11-16-17(12-19(18)29-2)24-20-15(9-6-10-25(20)22(16)27)21(26)23-13-14-7-4-3-5-8-14/h3-12H,13H2,1-2H3,(H,23,26). The molecule has 0 radical (unpaired) electrons. The van der Waals surface area contributed by atoms with E-state index in [-0.39, 0.29) is 17.1 Å². The first-order valence-electron chi connectivity index (χ1n) is 9.01. The molecule has 4 aromatic rings. The van der Waals surface area contributed by atoms with E-state index in [1.54, 1.807) is 30.5 Å². The highest BCUT2D eigenvalue weighted by Gasteiger charge is 2.16. The lowest BCUT2D eigenvalue weighted by Crippen LogP contribution is -2.25. The Kier molecular flexibility index (Phi) is 4.87. The van der Waals surface area contributed by atoms with Crippen molar-refractivity contribution in [3.05, 3.63) is 82.3 Å². The fourth-order valence-corrected chi connectivity index (χ4v) is 3.20. The Morgan fingerprint density at radius 3 is 2.48 bits per heavy atom. The zero-order valence-electron chi connectivity index (χ0n) is 16.0. The Hall–Kier alpha value is -3.87. The molecule has 0 unspecified atom stereocenters. The predicted molar refractivity (Wildman–Crippen MR) is 110 cm³/mol. The number of methoxy groups -OCH3 is 2. The number of carbonyl (C=O) groups is 1. The number of rotatable bonds is 5. The number of benzene rings is 2. The average Bonchev–Trinajstić information content (AvgIpc) is 2.77. The molecule has 1 amide bonds. The SMILES string of the molecule is COc1cc2nc3c(C(=O)NCc4ccccc4)cccn3c(=O)c2cc1OC. The van der Waals surface area contributed by atoms with Crippen LogP contribution < -0.4 is 20.3 Å². The number of nitrogens with zero attached hydrogens (tertiary/aromatic N) is 2. The van der Waals surface area contributed by atoms with E-state index in [1.165, 1.54) is 18.6 Å². The summed E-state index contributed by atoms with van der Waals surface area (Å²) in [5.41, 5.74) is 1.72. The molecule has 0 fully saturated rings. The Morgan fingerprint density at radius 1 is 1.03 bits per heavy atom. The Bertz CT molecular complexity index is 1270. The Labute approximate surface area is 166 Å². The maximum absolute atomic E-state index is 13.0. The summed E-state index contributed by atoms with van der Waals surface area (Å²) in [5, 5.41) is 3.25. The van der Waals surface area contributed by atoms with Gasteiger partial charge in [0, 0.05) is 18.8 Å². The molecular weight excluding hydrogens is 370 g/mol. The molecule has 0 aliphatic heterocycles. The van der Waals surface area contributed by atoms with Crippen LogP contribution in [0.1, 0.15) is 15.9 Å². The monoisotopic (exact) mass is 389 g/mol. The molecular formula is C22H19N3O4. The van der Waals surface area contributed by atoms with Crippen molar-refractivity contribution in [3.63, 3.8) is 0 Å². The van der Waals surface area contributed by atoms with E-state index in [9.17, 15) is 9.59 Å². The second-order valence-corrected chi connectivity index (χ2v) is 6.43. The van der Waals surface area contributed by atoms with Gasteiger partial charge in [-0.25, -0.2) is 4.98 Å². The molecule has 2 aromatic carbocycles. The maximum Gasteiger partial charge on any atom is 0.265 e. The number of aromatic nitrogens is 2. The Morgan fingerprint density at radius 2 is 1.76 bits per heavy atom. The van der Waals surface area contributed by atoms with Crippen molar-refractivity contribution in [1.82, 2.24) is 14.7 Å². The van der Waals surface area contributed by atoms with E-state index in [0.717, 1.165) is 5.56 Å². The van der Waals surface area contributed by atoms with Gasteiger partial charge in [0.1, 0.15) is 0 Å². The number of hydrogen-bond acceptors (Lipinski definition) is 5. The topological polar surface area (TPSA) is 81.9 Å². The third kappa shape index (κ3) is 3.38. The van der Waals surface area contributed by atoms with Gasteiger partial charge in [0.05, 0.1) is 30.7 Å². The molecule has 2 heterocycles. The molecule has 0 aliphatic rings. The van der Waals surface area contributed by atoms with Crippen molar-refractivity contribution in [1.29, 1.82) is 0 Å². The second-order valence-electron chi connectivity index (χ2n) is 6.43. The highest BCUT2D eigenvalue weighted by Crippen LogP contribution is 2.30. The van der Waals surface area contributed by atoms with E-state index in [1.807, 2.05) is 30.3 Å². The molecule has 0 saturated carbocycles. The van der Waals surface area contributed by atoms with Crippen LogP contribution >= 0.6 is 0 Å². The number of hydrogen-bond donors (Lipinski definition) is 1. The van der Waals surface area contributed by atoms with Crippen molar-refractivity contribution in [3.8, 4) is 11.5 Å². The van der Waals surface area contributed by atoms with Crippen LogP contribution in [0.15, 0.2) is 65.6 Å². The smallest absolute Gasteiger partial charge is 0.265 e. The minimum absolute atomic E-state index is 0.280. The van der Waals surface area contributed by atoms with E-state index in [2.05, 4.69) is 10.3 Å². The van der Waals surface area contributed by atoms with E-state index < -0.39 is 0 Å². The van der Waals surface area contributed by atoms with E-state index in [4.69, 9.17) is 9.47 Å². The number of ether oxygens (including phenoxy) is 2. The van der Waals surface area contributed by atoms with Gasteiger partial charge < -0.3 is 14.8 Å². The summed E-state index contributed by atoms with van der Waals surface area (Å²) in [4.78, 5) is 30.4. The summed E-state index contributed by atoms with van der Waals surface area (Å²) in [6, 6.07) is 16.1. The number of carbonyl (C=O) groups excluding carboxylic acids is 1. The van der Waals surface area contributed by atoms with Crippen LogP contribution in [-0.4, -0.2) is 29.5 Å². The van der Waals surface area contributed by atoms with Crippen molar-refractivity contribution >= 4 is 22.5 Å². The van der Waals surface area contributed by atoms with Gasteiger partial charge in [-0.3, -0.25) is 14.0 Å². The van der Waals surface area contributed by atoms with Crippen LogP contribution in [0.25, 0.3) is 16.6 Å². The van der Waals surface area contributed by atoms with E-state index >= 15 is 0 Å². The molecule has 0 bridgehead atoms. The first-order chi connectivity index (χ1) is 14.1. The summed E-state index contributed by atoms with van der Waals surface area (Å²) >= 11 is 0. The summed E-state index contributed by atoms with van der Waals surface area (Å²) in [6.07, 6.45) is 1.59. The minimum atomic E-state index is -0.307. The molecule has 146 valence electrons. The van der Waals surface area contributed by atoms with Gasteiger partial charge in [-0.05, 0) is 23.8 Å². The number of amides is 1. The Balaban J connectivity index is 1.81. The van der Waals surface area contributed by atoms with Crippen molar-refractivity contribution < 1.29 is 14.3 Å². The predicted octanol–water partition coefficient (Wildman–Crippen LogP) is 2.79. The van der Waals surface area contributed by atoms with Gasteiger partial charge in [-0.2, -0.15) is 0 Å². The van der Waals surface area contributed by atoms with Crippen molar-refractivity contribution in [2.45, 2.75) is 6.54 Å². The number of pyridine rings is 1. The molecule has 29 heavy (non-hydrogen) atoms. The van der Waals surface area contributed by atoms with E-state index in [0.29, 0.717) is 34.5 Å². The zero-order valence-corrected chi connectivity index (χ0v) is 16.0. The maximum atomic E-state index is 13.0.